The van der Waals surface area contributed by atoms with Gasteiger partial charge in [0.15, 0.2) is 0 Å². The minimum Gasteiger partial charge on any atom is -0.385 e. The fourth-order valence-corrected chi connectivity index (χ4v) is 2.11. The number of benzene rings is 1. The minimum atomic E-state index is -5.67. The first kappa shape index (κ1) is 17.9. The topological polar surface area (TPSA) is 20.2 Å². The first-order valence-corrected chi connectivity index (χ1v) is 6.61. The highest BCUT2D eigenvalue weighted by molar-refractivity contribution is 5.27. The quantitative estimate of drug-likeness (QED) is 0.783. The summed E-state index contributed by atoms with van der Waals surface area (Å²) in [5.41, 5.74) is -1.28. The number of hydrogen-bond acceptors (Lipinski definition) is 1. The maximum absolute atomic E-state index is 13.1. The van der Waals surface area contributed by atoms with Gasteiger partial charge in [0, 0.05) is 0 Å². The summed E-state index contributed by atoms with van der Waals surface area (Å²) in [6.07, 6.45) is -6.61. The van der Waals surface area contributed by atoms with Gasteiger partial charge in [-0.25, -0.2) is 0 Å². The van der Waals surface area contributed by atoms with Crippen LogP contribution in [0.2, 0.25) is 0 Å². The predicted octanol–water partition coefficient (Wildman–Crippen LogP) is 4.68. The lowest BCUT2D eigenvalue weighted by Gasteiger charge is -2.30. The average Bonchev–Trinajstić information content (AvgIpc) is 2.25. The molecule has 0 saturated carbocycles. The van der Waals surface area contributed by atoms with Crippen molar-refractivity contribution in [3.05, 3.63) is 35.4 Å². The number of hydrogen-bond donors (Lipinski definition) is 1. The van der Waals surface area contributed by atoms with E-state index in [1.54, 1.807) is 12.1 Å². The summed E-state index contributed by atoms with van der Waals surface area (Å²) in [5, 5.41) is 9.98. The smallest absolute Gasteiger partial charge is 0.385 e. The summed E-state index contributed by atoms with van der Waals surface area (Å²) >= 11 is 0. The lowest BCUT2D eigenvalue weighted by molar-refractivity contribution is -0.296. The molecule has 1 aromatic carbocycles. The van der Waals surface area contributed by atoms with E-state index >= 15 is 0 Å². The number of halogens is 5. The van der Waals surface area contributed by atoms with Crippen molar-refractivity contribution >= 4 is 0 Å². The Morgan fingerprint density at radius 2 is 1.48 bits per heavy atom. The molecule has 1 N–H and O–H groups in total. The average molecular weight is 310 g/mol. The fraction of sp³-hybridized carbons (Fsp3) is 0.600. The van der Waals surface area contributed by atoms with Crippen LogP contribution >= 0.6 is 0 Å². The van der Waals surface area contributed by atoms with Gasteiger partial charge in [0.05, 0.1) is 12.0 Å². The zero-order valence-electron chi connectivity index (χ0n) is 12.1. The molecule has 0 fully saturated rings. The molecule has 0 spiro atoms. The molecule has 0 aliphatic heterocycles. The third-order valence-corrected chi connectivity index (χ3v) is 3.20. The second-order valence-corrected chi connectivity index (χ2v) is 5.95. The Hall–Kier alpha value is -1.17. The third-order valence-electron chi connectivity index (χ3n) is 3.20. The number of alkyl halides is 5. The van der Waals surface area contributed by atoms with Crippen molar-refractivity contribution in [2.75, 3.05) is 0 Å². The van der Waals surface area contributed by atoms with E-state index in [0.717, 1.165) is 18.9 Å². The van der Waals surface area contributed by atoms with Crippen molar-refractivity contribution in [2.45, 2.75) is 51.3 Å². The number of aliphatic hydroxyl groups is 1. The third kappa shape index (κ3) is 4.66. The van der Waals surface area contributed by atoms with Gasteiger partial charge in [0.2, 0.25) is 0 Å². The fourth-order valence-electron chi connectivity index (χ4n) is 2.11. The lowest BCUT2D eigenvalue weighted by atomic mass is 9.88. The lowest BCUT2D eigenvalue weighted by Crippen LogP contribution is -2.42. The second kappa shape index (κ2) is 5.91. The van der Waals surface area contributed by atoms with Gasteiger partial charge >= 0.3 is 12.1 Å². The molecule has 1 unspecified atom stereocenters. The van der Waals surface area contributed by atoms with Crippen LogP contribution in [-0.4, -0.2) is 17.2 Å². The summed E-state index contributed by atoms with van der Waals surface area (Å²) in [6, 6.07) is 6.05. The van der Waals surface area contributed by atoms with Crippen molar-refractivity contribution in [3.63, 3.8) is 0 Å². The molecule has 1 rings (SSSR count). The van der Waals surface area contributed by atoms with Crippen LogP contribution in [-0.2, 0) is 12.0 Å². The Kier molecular flexibility index (Phi) is 5.03. The van der Waals surface area contributed by atoms with Gasteiger partial charge in [0.25, 0.3) is 0 Å². The Bertz CT molecular complexity index is 460. The van der Waals surface area contributed by atoms with Crippen LogP contribution in [0.5, 0.6) is 0 Å². The Morgan fingerprint density at radius 3 is 1.86 bits per heavy atom. The highest BCUT2D eigenvalue weighted by Gasteiger charge is 2.59. The Balaban J connectivity index is 2.93. The van der Waals surface area contributed by atoms with Crippen LogP contribution in [0, 0.1) is 5.92 Å². The van der Waals surface area contributed by atoms with Crippen molar-refractivity contribution in [1.29, 1.82) is 0 Å². The molecule has 0 saturated heterocycles. The first-order chi connectivity index (χ1) is 9.35. The van der Waals surface area contributed by atoms with E-state index in [2.05, 4.69) is 0 Å². The van der Waals surface area contributed by atoms with Crippen LogP contribution in [0.3, 0.4) is 0 Å². The van der Waals surface area contributed by atoms with Crippen LogP contribution in [0.15, 0.2) is 24.3 Å². The maximum Gasteiger partial charge on any atom is 0.453 e. The normalized spacial score (nSPS) is 16.1. The van der Waals surface area contributed by atoms with E-state index in [4.69, 9.17) is 0 Å². The molecule has 0 aliphatic rings. The molecule has 120 valence electrons. The van der Waals surface area contributed by atoms with Gasteiger partial charge in [0.1, 0.15) is 0 Å². The highest BCUT2D eigenvalue weighted by Crippen LogP contribution is 2.43. The molecule has 6 heteroatoms. The zero-order valence-corrected chi connectivity index (χ0v) is 12.1. The zero-order chi connectivity index (χ0) is 16.5. The van der Waals surface area contributed by atoms with Crippen LogP contribution < -0.4 is 0 Å². The van der Waals surface area contributed by atoms with E-state index in [1.807, 2.05) is 13.8 Å². The van der Waals surface area contributed by atoms with E-state index in [1.165, 1.54) is 12.1 Å². The van der Waals surface area contributed by atoms with Crippen molar-refractivity contribution in [1.82, 2.24) is 0 Å². The van der Waals surface area contributed by atoms with Gasteiger partial charge in [-0.2, -0.15) is 22.0 Å². The predicted molar refractivity (Wildman–Crippen MR) is 70.2 cm³/mol. The summed E-state index contributed by atoms with van der Waals surface area (Å²) < 4.78 is 62.8. The summed E-state index contributed by atoms with van der Waals surface area (Å²) in [6.45, 7) is 4.98. The molecular weight excluding hydrogens is 291 g/mol. The largest absolute Gasteiger partial charge is 0.453 e. The molecule has 0 radical (unpaired) electrons. The van der Waals surface area contributed by atoms with Crippen molar-refractivity contribution in [3.8, 4) is 0 Å². The summed E-state index contributed by atoms with van der Waals surface area (Å²) in [4.78, 5) is 0. The Labute approximate surface area is 120 Å². The molecular formula is C15H19F5O. The molecule has 0 heterocycles. The highest BCUT2D eigenvalue weighted by atomic mass is 19.4. The van der Waals surface area contributed by atoms with Crippen molar-refractivity contribution in [2.24, 2.45) is 5.92 Å². The molecule has 1 aromatic rings. The van der Waals surface area contributed by atoms with Gasteiger partial charge in [-0.15, -0.1) is 0 Å². The standard InChI is InChI=1S/C15H19F5O/c1-10(2)8-11-4-6-12(7-5-11)13(3,21)9-14(16,17)15(18,19)20/h4-7,10,21H,8-9H2,1-3H3. The van der Waals surface area contributed by atoms with Crippen LogP contribution in [0.4, 0.5) is 22.0 Å². The van der Waals surface area contributed by atoms with E-state index in [-0.39, 0.29) is 5.56 Å². The molecule has 0 aromatic heterocycles. The minimum absolute atomic E-state index is 0.0407. The van der Waals surface area contributed by atoms with E-state index in [0.29, 0.717) is 5.92 Å². The molecule has 1 nitrogen and oxygen atoms in total. The number of rotatable bonds is 5. The first-order valence-electron chi connectivity index (χ1n) is 6.61. The monoisotopic (exact) mass is 310 g/mol. The van der Waals surface area contributed by atoms with Gasteiger partial charge < -0.3 is 5.11 Å². The van der Waals surface area contributed by atoms with Crippen LogP contribution in [0.1, 0.15) is 38.3 Å². The second-order valence-electron chi connectivity index (χ2n) is 5.95. The molecule has 0 aliphatic carbocycles. The molecule has 21 heavy (non-hydrogen) atoms. The van der Waals surface area contributed by atoms with Gasteiger partial charge in [-0.3, -0.25) is 0 Å². The van der Waals surface area contributed by atoms with E-state index < -0.39 is 24.1 Å². The van der Waals surface area contributed by atoms with E-state index in [9.17, 15) is 27.1 Å². The summed E-state index contributed by atoms with van der Waals surface area (Å²) in [7, 11) is 0. The molecule has 0 amide bonds. The van der Waals surface area contributed by atoms with Crippen LogP contribution in [0.25, 0.3) is 0 Å². The maximum atomic E-state index is 13.1. The SMILES string of the molecule is CC(C)Cc1ccc(C(C)(O)CC(F)(F)C(F)(F)F)cc1. The summed E-state index contributed by atoms with van der Waals surface area (Å²) in [5.74, 6) is -4.54. The molecule has 1 atom stereocenters. The van der Waals surface area contributed by atoms with Crippen molar-refractivity contribution < 1.29 is 27.1 Å². The van der Waals surface area contributed by atoms with Gasteiger partial charge in [-0.1, -0.05) is 38.1 Å². The van der Waals surface area contributed by atoms with Gasteiger partial charge in [-0.05, 0) is 30.4 Å². The Morgan fingerprint density at radius 1 is 1.00 bits per heavy atom. The molecule has 0 bridgehead atoms.